The van der Waals surface area contributed by atoms with E-state index in [-0.39, 0.29) is 0 Å². The van der Waals surface area contributed by atoms with Gasteiger partial charge in [-0.2, -0.15) is 0 Å². The fourth-order valence-corrected chi connectivity index (χ4v) is 5.29. The van der Waals surface area contributed by atoms with Crippen molar-refractivity contribution in [2.75, 3.05) is 18.2 Å². The molecule has 4 rings (SSSR count). The van der Waals surface area contributed by atoms with Crippen molar-refractivity contribution in [2.45, 2.75) is 57.3 Å². The van der Waals surface area contributed by atoms with Gasteiger partial charge in [0.05, 0.1) is 11.0 Å². The second-order valence-electron chi connectivity index (χ2n) is 8.89. The molecular weight excluding hydrogens is 398 g/mol. The molecule has 1 fully saturated rings. The molecule has 0 aromatic carbocycles. The molecule has 3 heterocycles. The van der Waals surface area contributed by atoms with Crippen molar-refractivity contribution in [3.8, 4) is 0 Å². The molecule has 0 radical (unpaired) electrons. The Morgan fingerprint density at radius 1 is 1.10 bits per heavy atom. The third kappa shape index (κ3) is 5.18. The van der Waals surface area contributed by atoms with Gasteiger partial charge >= 0.3 is 0 Å². The van der Waals surface area contributed by atoms with Crippen LogP contribution in [0.3, 0.4) is 0 Å². The molecule has 29 heavy (non-hydrogen) atoms. The van der Waals surface area contributed by atoms with E-state index < -0.39 is 8.07 Å². The van der Waals surface area contributed by atoms with Crippen LogP contribution in [0.25, 0.3) is 11.0 Å². The van der Waals surface area contributed by atoms with Gasteiger partial charge in [-0.3, -0.25) is 9.88 Å². The number of hydrogen-bond acceptors (Lipinski definition) is 7. The van der Waals surface area contributed by atoms with Crippen LogP contribution in [-0.4, -0.2) is 41.6 Å². The van der Waals surface area contributed by atoms with Gasteiger partial charge in [-0.15, -0.1) is 10.2 Å². The van der Waals surface area contributed by atoms with E-state index in [1.54, 1.807) is 17.5 Å². The van der Waals surface area contributed by atoms with Gasteiger partial charge in [0.1, 0.15) is 17.6 Å². The first-order chi connectivity index (χ1) is 14.0. The first-order valence-electron chi connectivity index (χ1n) is 10.4. The lowest BCUT2D eigenvalue weighted by molar-refractivity contribution is 0.153. The molecule has 0 bridgehead atoms. The molecule has 0 N–H and O–H groups in total. The summed E-state index contributed by atoms with van der Waals surface area (Å²) in [5, 5.41) is 11.0. The molecule has 0 aliphatic heterocycles. The minimum absolute atomic E-state index is 0.433. The van der Waals surface area contributed by atoms with E-state index in [1.165, 1.54) is 25.7 Å². The minimum Gasteiger partial charge on any atom is -0.361 e. The van der Waals surface area contributed by atoms with E-state index >= 15 is 0 Å². The summed E-state index contributed by atoms with van der Waals surface area (Å²) in [5.41, 5.74) is 1.76. The average molecular weight is 428 g/mol. The van der Waals surface area contributed by atoms with Crippen LogP contribution in [0, 0.1) is 0 Å². The van der Waals surface area contributed by atoms with Gasteiger partial charge in [-0.25, -0.2) is 4.98 Å². The number of fused-ring (bicyclic) bond motifs is 1. The Bertz CT molecular complexity index is 951. The molecule has 1 aliphatic carbocycles. The quantitative estimate of drug-likeness (QED) is 0.265. The molecule has 154 valence electrons. The normalized spacial score (nSPS) is 15.3. The maximum absolute atomic E-state index is 6.07. The number of aromatic nitrogens is 4. The molecule has 1 saturated carbocycles. The molecule has 3 aromatic rings. The first kappa shape index (κ1) is 20.4. The Hall–Kier alpha value is -1.90. The Morgan fingerprint density at radius 3 is 2.72 bits per heavy atom. The zero-order valence-corrected chi connectivity index (χ0v) is 19.3. The van der Waals surface area contributed by atoms with Crippen molar-refractivity contribution < 1.29 is 4.74 Å². The van der Waals surface area contributed by atoms with Crippen LogP contribution in [0.4, 0.5) is 10.9 Å². The van der Waals surface area contributed by atoms with E-state index in [1.807, 2.05) is 29.2 Å². The van der Waals surface area contributed by atoms with Crippen molar-refractivity contribution in [3.63, 3.8) is 0 Å². The number of hydrogen-bond donors (Lipinski definition) is 0. The summed E-state index contributed by atoms with van der Waals surface area (Å²) in [5.74, 6) is 1.39. The zero-order valence-electron chi connectivity index (χ0n) is 17.5. The second kappa shape index (κ2) is 8.85. The van der Waals surface area contributed by atoms with Gasteiger partial charge in [-0.1, -0.05) is 43.8 Å². The van der Waals surface area contributed by atoms with Gasteiger partial charge in [0, 0.05) is 26.8 Å². The number of nitrogens with zero attached hydrogens (tertiary/aromatic N) is 5. The summed E-state index contributed by atoms with van der Waals surface area (Å²) in [6.45, 7) is 8.29. The lowest BCUT2D eigenvalue weighted by atomic mass is 10.1. The number of anilines is 2. The highest BCUT2D eigenvalue weighted by Crippen LogP contribution is 2.38. The van der Waals surface area contributed by atoms with Crippen molar-refractivity contribution in [1.29, 1.82) is 0 Å². The summed E-state index contributed by atoms with van der Waals surface area (Å²) in [6, 6.07) is 9.04. The zero-order chi connectivity index (χ0) is 20.3. The first-order valence-corrected chi connectivity index (χ1v) is 14.9. The molecule has 3 aromatic heterocycles. The molecule has 8 heteroatoms. The maximum Gasteiger partial charge on any atom is 0.215 e. The summed E-state index contributed by atoms with van der Waals surface area (Å²) >= 11 is 1.68. The minimum atomic E-state index is -1.13. The monoisotopic (exact) mass is 427 g/mol. The van der Waals surface area contributed by atoms with E-state index in [9.17, 15) is 0 Å². The van der Waals surface area contributed by atoms with Gasteiger partial charge in [0.25, 0.3) is 0 Å². The SMILES string of the molecule is C[Si](C)(C)CCOCN(c1ccc2ncccc2n1)c1nnc(C2CCCC2)s1. The average Bonchev–Trinajstić information content (AvgIpc) is 3.38. The van der Waals surface area contributed by atoms with E-state index in [0.717, 1.165) is 39.6 Å². The summed E-state index contributed by atoms with van der Waals surface area (Å²) in [4.78, 5) is 11.2. The number of ether oxygens (including phenoxy) is 1. The van der Waals surface area contributed by atoms with Crippen molar-refractivity contribution in [3.05, 3.63) is 35.5 Å². The second-order valence-corrected chi connectivity index (χ2v) is 15.5. The predicted octanol–water partition coefficient (Wildman–Crippen LogP) is 5.59. The molecule has 0 amide bonds. The Balaban J connectivity index is 1.57. The van der Waals surface area contributed by atoms with Gasteiger partial charge in [0.15, 0.2) is 0 Å². The van der Waals surface area contributed by atoms with Crippen LogP contribution in [0.15, 0.2) is 30.5 Å². The van der Waals surface area contributed by atoms with Crippen LogP contribution in [0.5, 0.6) is 0 Å². The maximum atomic E-state index is 6.07. The predicted molar refractivity (Wildman–Crippen MR) is 122 cm³/mol. The Morgan fingerprint density at radius 2 is 1.93 bits per heavy atom. The van der Waals surface area contributed by atoms with Crippen LogP contribution in [-0.2, 0) is 4.74 Å². The van der Waals surface area contributed by atoms with Crippen LogP contribution < -0.4 is 4.90 Å². The molecule has 1 aliphatic rings. The Labute approximate surface area is 177 Å². The topological polar surface area (TPSA) is 64.0 Å². The van der Waals surface area contributed by atoms with Crippen LogP contribution >= 0.6 is 11.3 Å². The van der Waals surface area contributed by atoms with E-state index in [0.29, 0.717) is 12.6 Å². The van der Waals surface area contributed by atoms with Gasteiger partial charge in [-0.05, 0) is 43.2 Å². The smallest absolute Gasteiger partial charge is 0.215 e. The fourth-order valence-electron chi connectivity index (χ4n) is 3.52. The van der Waals surface area contributed by atoms with E-state index in [4.69, 9.17) is 9.72 Å². The highest BCUT2D eigenvalue weighted by molar-refractivity contribution is 7.15. The van der Waals surface area contributed by atoms with Crippen molar-refractivity contribution >= 4 is 41.4 Å². The lowest BCUT2D eigenvalue weighted by Gasteiger charge is -2.22. The van der Waals surface area contributed by atoms with Gasteiger partial charge in [0.2, 0.25) is 5.13 Å². The number of rotatable bonds is 8. The third-order valence-corrected chi connectivity index (χ3v) is 8.11. The largest absolute Gasteiger partial charge is 0.361 e. The summed E-state index contributed by atoms with van der Waals surface area (Å²) < 4.78 is 6.07. The standard InChI is InChI=1S/C21H29N5OSSi/c1-29(2,3)14-13-27-15-26(19-11-10-17-18(23-19)9-6-12-22-17)21-25-24-20(28-21)16-7-4-5-8-16/h6,9-12,16H,4-5,7-8,13-15H2,1-3H3. The van der Waals surface area contributed by atoms with Crippen LogP contribution in [0.2, 0.25) is 25.7 Å². The lowest BCUT2D eigenvalue weighted by Crippen LogP contribution is -2.26. The summed E-state index contributed by atoms with van der Waals surface area (Å²) in [6.07, 6.45) is 6.83. The Kier molecular flexibility index (Phi) is 6.22. The molecule has 6 nitrogen and oxygen atoms in total. The molecule has 0 saturated heterocycles. The van der Waals surface area contributed by atoms with Crippen LogP contribution in [0.1, 0.15) is 36.6 Å². The number of pyridine rings is 2. The molecule has 0 unspecified atom stereocenters. The van der Waals surface area contributed by atoms with E-state index in [2.05, 4.69) is 34.8 Å². The van der Waals surface area contributed by atoms with Gasteiger partial charge < -0.3 is 4.74 Å². The highest BCUT2D eigenvalue weighted by atomic mass is 32.1. The summed E-state index contributed by atoms with van der Waals surface area (Å²) in [7, 11) is -1.13. The van der Waals surface area contributed by atoms with Crippen molar-refractivity contribution in [1.82, 2.24) is 20.2 Å². The van der Waals surface area contributed by atoms with Crippen molar-refractivity contribution in [2.24, 2.45) is 0 Å². The third-order valence-electron chi connectivity index (χ3n) is 5.30. The molecule has 0 atom stereocenters. The molecule has 0 spiro atoms. The highest BCUT2D eigenvalue weighted by Gasteiger charge is 2.24. The fraction of sp³-hybridized carbons (Fsp3) is 0.524. The molecular formula is C21H29N5OSSi.